The van der Waals surface area contributed by atoms with Crippen molar-refractivity contribution in [1.82, 2.24) is 9.78 Å². The first-order chi connectivity index (χ1) is 14.5. The SMILES string of the molecule is C=CCN1C(=O)[C@@]2(CC(=O)Nc3c2cnn3-c2ccccc2C)c2cccc(Cl)c21. The van der Waals surface area contributed by atoms with Gasteiger partial charge in [0.05, 0.1) is 22.6 Å². The quantitative estimate of drug-likeness (QED) is 0.654. The lowest BCUT2D eigenvalue weighted by molar-refractivity contribution is -0.126. The molecular formula is C23H19ClN4O2. The van der Waals surface area contributed by atoms with Crippen LogP contribution in [0.4, 0.5) is 11.5 Å². The number of rotatable bonds is 3. The van der Waals surface area contributed by atoms with Crippen LogP contribution < -0.4 is 10.2 Å². The molecule has 0 unspecified atom stereocenters. The van der Waals surface area contributed by atoms with Crippen molar-refractivity contribution in [3.63, 3.8) is 0 Å². The number of anilines is 2. The Labute approximate surface area is 178 Å². The molecule has 0 saturated heterocycles. The maximum absolute atomic E-state index is 13.8. The van der Waals surface area contributed by atoms with Crippen molar-refractivity contribution >= 4 is 34.9 Å². The molecule has 0 radical (unpaired) electrons. The number of aromatic nitrogens is 2. The van der Waals surface area contributed by atoms with Crippen molar-refractivity contribution in [2.75, 3.05) is 16.8 Å². The summed E-state index contributed by atoms with van der Waals surface area (Å²) in [4.78, 5) is 28.3. The zero-order valence-corrected chi connectivity index (χ0v) is 17.1. The van der Waals surface area contributed by atoms with E-state index >= 15 is 0 Å². The fraction of sp³-hybridized carbons (Fsp3) is 0.174. The maximum Gasteiger partial charge on any atom is 0.243 e. The molecule has 5 rings (SSSR count). The number of fused-ring (bicyclic) bond motifs is 4. The molecule has 7 heteroatoms. The van der Waals surface area contributed by atoms with Crippen LogP contribution in [0.3, 0.4) is 0 Å². The predicted molar refractivity (Wildman–Crippen MR) is 116 cm³/mol. The molecule has 3 aromatic rings. The molecule has 30 heavy (non-hydrogen) atoms. The van der Waals surface area contributed by atoms with Gasteiger partial charge in [-0.3, -0.25) is 9.59 Å². The van der Waals surface area contributed by atoms with Gasteiger partial charge >= 0.3 is 0 Å². The third-order valence-corrected chi connectivity index (χ3v) is 6.20. The number of para-hydroxylation sites is 2. The molecule has 3 heterocycles. The molecule has 0 fully saturated rings. The first kappa shape index (κ1) is 18.6. The molecule has 2 aliphatic heterocycles. The number of carbonyl (C=O) groups is 2. The second-order valence-electron chi connectivity index (χ2n) is 7.58. The first-order valence-corrected chi connectivity index (χ1v) is 10.0. The van der Waals surface area contributed by atoms with Crippen LogP contribution in [-0.2, 0) is 15.0 Å². The second-order valence-corrected chi connectivity index (χ2v) is 7.98. The molecule has 1 aromatic heterocycles. The smallest absolute Gasteiger partial charge is 0.243 e. The number of hydrogen-bond donors (Lipinski definition) is 1. The predicted octanol–water partition coefficient (Wildman–Crippen LogP) is 4.00. The van der Waals surface area contributed by atoms with Gasteiger partial charge in [-0.2, -0.15) is 5.10 Å². The summed E-state index contributed by atoms with van der Waals surface area (Å²) in [6.07, 6.45) is 3.34. The Balaban J connectivity index is 1.80. The van der Waals surface area contributed by atoms with E-state index in [4.69, 9.17) is 11.6 Å². The monoisotopic (exact) mass is 418 g/mol. The zero-order valence-electron chi connectivity index (χ0n) is 16.4. The number of nitrogens with one attached hydrogen (secondary N) is 1. The summed E-state index contributed by atoms with van der Waals surface area (Å²) in [6.45, 7) is 6.06. The number of hydrogen-bond acceptors (Lipinski definition) is 3. The summed E-state index contributed by atoms with van der Waals surface area (Å²) < 4.78 is 1.69. The molecule has 2 amide bonds. The lowest BCUT2D eigenvalue weighted by Crippen LogP contribution is -2.46. The van der Waals surface area contributed by atoms with Gasteiger partial charge in [-0.05, 0) is 30.2 Å². The Bertz CT molecular complexity index is 1230. The van der Waals surface area contributed by atoms with E-state index in [1.165, 1.54) is 0 Å². The molecule has 150 valence electrons. The number of carbonyl (C=O) groups excluding carboxylic acids is 2. The highest BCUT2D eigenvalue weighted by molar-refractivity contribution is 6.35. The first-order valence-electron chi connectivity index (χ1n) is 9.65. The van der Waals surface area contributed by atoms with Crippen LogP contribution in [0.5, 0.6) is 0 Å². The van der Waals surface area contributed by atoms with Crippen molar-refractivity contribution in [3.05, 3.63) is 83.0 Å². The van der Waals surface area contributed by atoms with Gasteiger partial charge in [-0.25, -0.2) is 4.68 Å². The third kappa shape index (κ3) is 2.34. The van der Waals surface area contributed by atoms with Crippen molar-refractivity contribution in [2.45, 2.75) is 18.8 Å². The van der Waals surface area contributed by atoms with E-state index in [-0.39, 0.29) is 18.2 Å². The van der Waals surface area contributed by atoms with Gasteiger partial charge in [0.2, 0.25) is 11.8 Å². The second kappa shape index (κ2) is 6.57. The average molecular weight is 419 g/mol. The van der Waals surface area contributed by atoms with Gasteiger partial charge in [0.1, 0.15) is 11.2 Å². The topological polar surface area (TPSA) is 67.2 Å². The van der Waals surface area contributed by atoms with E-state index < -0.39 is 5.41 Å². The largest absolute Gasteiger partial charge is 0.310 e. The van der Waals surface area contributed by atoms with Crippen LogP contribution in [-0.4, -0.2) is 28.1 Å². The van der Waals surface area contributed by atoms with Gasteiger partial charge in [0.25, 0.3) is 0 Å². The number of nitrogens with zero attached hydrogens (tertiary/aromatic N) is 3. The van der Waals surface area contributed by atoms with E-state index in [1.807, 2.05) is 43.3 Å². The number of aryl methyl sites for hydroxylation is 1. The molecule has 0 bridgehead atoms. The van der Waals surface area contributed by atoms with E-state index in [0.29, 0.717) is 28.6 Å². The normalized spacial score (nSPS) is 19.6. The summed E-state index contributed by atoms with van der Waals surface area (Å²) in [7, 11) is 0. The summed E-state index contributed by atoms with van der Waals surface area (Å²) in [5, 5.41) is 7.97. The Kier molecular flexibility index (Phi) is 4.08. The zero-order chi connectivity index (χ0) is 21.0. The van der Waals surface area contributed by atoms with Gasteiger partial charge in [0, 0.05) is 18.5 Å². The minimum atomic E-state index is -1.16. The van der Waals surface area contributed by atoms with Crippen molar-refractivity contribution in [2.24, 2.45) is 0 Å². The Morgan fingerprint density at radius 1 is 1.20 bits per heavy atom. The minimum absolute atomic E-state index is 0.000711. The standard InChI is InChI=1S/C23H19ClN4O2/c1-3-11-27-20-15(8-6-9-17(20)24)23(22(27)30)12-19(29)26-21-16(23)13-25-28(21)18-10-5-4-7-14(18)2/h3-10,13H,1,11-12H2,2H3,(H,26,29)/t23-/m0/s1. The van der Waals surface area contributed by atoms with E-state index in [0.717, 1.165) is 16.8 Å². The fourth-order valence-electron chi connectivity index (χ4n) is 4.59. The van der Waals surface area contributed by atoms with Gasteiger partial charge in [-0.15, -0.1) is 6.58 Å². The van der Waals surface area contributed by atoms with Crippen LogP contribution >= 0.6 is 11.6 Å². The maximum atomic E-state index is 13.8. The van der Waals surface area contributed by atoms with Crippen molar-refractivity contribution in [1.29, 1.82) is 0 Å². The summed E-state index contributed by atoms with van der Waals surface area (Å²) in [5.74, 6) is 0.0868. The number of benzene rings is 2. The Hall–Kier alpha value is -3.38. The Morgan fingerprint density at radius 2 is 2.00 bits per heavy atom. The van der Waals surface area contributed by atoms with Crippen LogP contribution in [0.2, 0.25) is 5.02 Å². The van der Waals surface area contributed by atoms with E-state index in [2.05, 4.69) is 17.0 Å². The molecule has 1 atom stereocenters. The van der Waals surface area contributed by atoms with Crippen LogP contribution in [0, 0.1) is 6.92 Å². The molecule has 6 nitrogen and oxygen atoms in total. The third-order valence-electron chi connectivity index (χ3n) is 5.89. The van der Waals surface area contributed by atoms with Crippen molar-refractivity contribution in [3.8, 4) is 5.69 Å². The van der Waals surface area contributed by atoms with Gasteiger partial charge in [0.15, 0.2) is 0 Å². The molecule has 2 aliphatic rings. The van der Waals surface area contributed by atoms with Crippen LogP contribution in [0.25, 0.3) is 5.69 Å². The van der Waals surface area contributed by atoms with Crippen molar-refractivity contribution < 1.29 is 9.59 Å². The highest BCUT2D eigenvalue weighted by atomic mass is 35.5. The average Bonchev–Trinajstić information content (AvgIpc) is 3.24. The molecule has 0 aliphatic carbocycles. The molecule has 2 aromatic carbocycles. The lowest BCUT2D eigenvalue weighted by Gasteiger charge is -2.32. The Morgan fingerprint density at radius 3 is 2.77 bits per heavy atom. The molecule has 1 N–H and O–H groups in total. The molecular weight excluding hydrogens is 400 g/mol. The number of amides is 2. The minimum Gasteiger partial charge on any atom is -0.310 e. The highest BCUT2D eigenvalue weighted by Gasteiger charge is 2.57. The lowest BCUT2D eigenvalue weighted by atomic mass is 9.72. The fourth-order valence-corrected chi connectivity index (χ4v) is 4.87. The highest BCUT2D eigenvalue weighted by Crippen LogP contribution is 2.54. The van der Waals surface area contributed by atoms with Crippen LogP contribution in [0.15, 0.2) is 61.3 Å². The summed E-state index contributed by atoms with van der Waals surface area (Å²) >= 11 is 6.50. The van der Waals surface area contributed by atoms with Gasteiger partial charge in [-0.1, -0.05) is 48.0 Å². The van der Waals surface area contributed by atoms with E-state index in [9.17, 15) is 9.59 Å². The molecule has 1 spiro atoms. The van der Waals surface area contributed by atoms with E-state index in [1.54, 1.807) is 27.9 Å². The summed E-state index contributed by atoms with van der Waals surface area (Å²) in [6, 6.07) is 13.2. The van der Waals surface area contributed by atoms with Crippen LogP contribution in [0.1, 0.15) is 23.1 Å². The molecule has 0 saturated carbocycles. The summed E-state index contributed by atoms with van der Waals surface area (Å²) in [5.41, 5.74) is 2.71. The number of halogens is 1. The van der Waals surface area contributed by atoms with Gasteiger partial charge < -0.3 is 10.2 Å².